The Hall–Kier alpha value is -0.810. The van der Waals surface area contributed by atoms with Gasteiger partial charge in [0.2, 0.25) is 5.91 Å². The smallest absolute Gasteiger partial charge is 0.221 e. The minimum atomic E-state index is -0.185. The normalized spacial score (nSPS) is 10.0. The number of hydrogen-bond donors (Lipinski definition) is 1. The van der Waals surface area contributed by atoms with Gasteiger partial charge in [-0.25, -0.2) is 9.97 Å². The highest BCUT2D eigenvalue weighted by Crippen LogP contribution is 2.24. The second-order valence-electron chi connectivity index (χ2n) is 2.64. The third-order valence-electron chi connectivity index (χ3n) is 1.51. The molecule has 6 heteroatoms. The predicted octanol–water partition coefficient (Wildman–Crippen LogP) is 2.12. The zero-order chi connectivity index (χ0) is 10.7. The Bertz CT molecular complexity index is 347. The van der Waals surface area contributed by atoms with Crippen molar-refractivity contribution >= 4 is 35.0 Å². The summed E-state index contributed by atoms with van der Waals surface area (Å²) in [5.41, 5.74) is 1.15. The van der Waals surface area contributed by atoms with E-state index in [0.29, 0.717) is 16.5 Å². The summed E-state index contributed by atoms with van der Waals surface area (Å²) in [6.45, 7) is 3.19. The summed E-state index contributed by atoms with van der Waals surface area (Å²) >= 11 is 7.28. The summed E-state index contributed by atoms with van der Waals surface area (Å²) < 4.78 is 0. The molecule has 0 atom stereocenters. The van der Waals surface area contributed by atoms with Crippen molar-refractivity contribution in [3.05, 3.63) is 10.8 Å². The van der Waals surface area contributed by atoms with E-state index in [9.17, 15) is 4.79 Å². The van der Waals surface area contributed by atoms with Gasteiger partial charge in [-0.05, 0) is 13.2 Å². The van der Waals surface area contributed by atoms with Crippen LogP contribution in [0.1, 0.15) is 12.6 Å². The summed E-state index contributed by atoms with van der Waals surface area (Å²) in [4.78, 5) is 19.0. The van der Waals surface area contributed by atoms with E-state index in [0.717, 1.165) is 0 Å². The standard InChI is InChI=1S/C8H10ClN3OS/c1-4-6(11-5(2)13)7(9)12-8(10-4)14-3/h1-3H3,(H,11,13). The average molecular weight is 232 g/mol. The lowest BCUT2D eigenvalue weighted by Crippen LogP contribution is -2.09. The monoisotopic (exact) mass is 231 g/mol. The lowest BCUT2D eigenvalue weighted by molar-refractivity contribution is -0.114. The maximum atomic E-state index is 10.8. The van der Waals surface area contributed by atoms with Crippen LogP contribution in [0, 0.1) is 6.92 Å². The van der Waals surface area contributed by atoms with E-state index >= 15 is 0 Å². The van der Waals surface area contributed by atoms with Crippen LogP contribution in [0.4, 0.5) is 5.69 Å². The fourth-order valence-electron chi connectivity index (χ4n) is 0.923. The molecule has 0 unspecified atom stereocenters. The Morgan fingerprint density at radius 2 is 2.14 bits per heavy atom. The zero-order valence-corrected chi connectivity index (χ0v) is 9.66. The second-order valence-corrected chi connectivity index (χ2v) is 3.77. The molecular formula is C8H10ClN3OS. The molecule has 1 rings (SSSR count). The van der Waals surface area contributed by atoms with Crippen LogP contribution in [-0.2, 0) is 4.79 Å². The third-order valence-corrected chi connectivity index (χ3v) is 2.33. The summed E-state index contributed by atoms with van der Waals surface area (Å²) in [6.07, 6.45) is 1.86. The number of hydrogen-bond acceptors (Lipinski definition) is 4. The summed E-state index contributed by atoms with van der Waals surface area (Å²) in [5, 5.41) is 3.46. The van der Waals surface area contributed by atoms with Crippen LogP contribution in [0.5, 0.6) is 0 Å². The van der Waals surface area contributed by atoms with Crippen molar-refractivity contribution in [3.63, 3.8) is 0 Å². The highest BCUT2D eigenvalue weighted by molar-refractivity contribution is 7.98. The van der Waals surface area contributed by atoms with Gasteiger partial charge in [0.25, 0.3) is 0 Å². The van der Waals surface area contributed by atoms with Gasteiger partial charge in [-0.15, -0.1) is 0 Å². The molecule has 0 aliphatic heterocycles. The van der Waals surface area contributed by atoms with Crippen LogP contribution in [0.15, 0.2) is 5.16 Å². The summed E-state index contributed by atoms with van der Waals surface area (Å²) in [7, 11) is 0. The van der Waals surface area contributed by atoms with E-state index in [4.69, 9.17) is 11.6 Å². The molecule has 0 saturated heterocycles. The molecule has 1 aromatic rings. The van der Waals surface area contributed by atoms with E-state index in [-0.39, 0.29) is 11.1 Å². The summed E-state index contributed by atoms with van der Waals surface area (Å²) in [6, 6.07) is 0. The molecule has 0 bridgehead atoms. The number of halogens is 1. The molecule has 0 fully saturated rings. The molecule has 1 N–H and O–H groups in total. The van der Waals surface area contributed by atoms with Gasteiger partial charge in [-0.1, -0.05) is 23.4 Å². The van der Waals surface area contributed by atoms with E-state index in [1.807, 2.05) is 6.26 Å². The van der Waals surface area contributed by atoms with Crippen LogP contribution in [-0.4, -0.2) is 22.1 Å². The molecule has 76 valence electrons. The molecule has 1 aromatic heterocycles. The largest absolute Gasteiger partial charge is 0.322 e. The lowest BCUT2D eigenvalue weighted by atomic mass is 10.3. The Morgan fingerprint density at radius 1 is 1.50 bits per heavy atom. The lowest BCUT2D eigenvalue weighted by Gasteiger charge is -2.08. The first kappa shape index (κ1) is 11.3. The Balaban J connectivity index is 3.11. The SMILES string of the molecule is CSc1nc(C)c(NC(C)=O)c(Cl)n1. The van der Waals surface area contributed by atoms with Crippen LogP contribution in [0.25, 0.3) is 0 Å². The zero-order valence-electron chi connectivity index (χ0n) is 8.09. The highest BCUT2D eigenvalue weighted by atomic mass is 35.5. The van der Waals surface area contributed by atoms with Gasteiger partial charge in [-0.2, -0.15) is 0 Å². The topological polar surface area (TPSA) is 54.9 Å². The average Bonchev–Trinajstić information content (AvgIpc) is 2.10. The molecule has 0 spiro atoms. The molecule has 14 heavy (non-hydrogen) atoms. The molecule has 1 amide bonds. The quantitative estimate of drug-likeness (QED) is 0.481. The van der Waals surface area contributed by atoms with Crippen molar-refractivity contribution in [1.29, 1.82) is 0 Å². The van der Waals surface area contributed by atoms with Gasteiger partial charge in [0.1, 0.15) is 5.69 Å². The van der Waals surface area contributed by atoms with Gasteiger partial charge in [-0.3, -0.25) is 4.79 Å². The van der Waals surface area contributed by atoms with E-state index < -0.39 is 0 Å². The first-order valence-corrected chi connectivity index (χ1v) is 5.50. The highest BCUT2D eigenvalue weighted by Gasteiger charge is 2.10. The van der Waals surface area contributed by atoms with Crippen molar-refractivity contribution in [3.8, 4) is 0 Å². The fourth-order valence-corrected chi connectivity index (χ4v) is 1.65. The number of carbonyl (C=O) groups is 1. The number of thioether (sulfide) groups is 1. The van der Waals surface area contributed by atoms with Gasteiger partial charge in [0.15, 0.2) is 10.3 Å². The number of aryl methyl sites for hydroxylation is 1. The van der Waals surface area contributed by atoms with Crippen molar-refractivity contribution < 1.29 is 4.79 Å². The number of anilines is 1. The van der Waals surface area contributed by atoms with Gasteiger partial charge in [0.05, 0.1) is 5.69 Å². The predicted molar refractivity (Wildman–Crippen MR) is 57.9 cm³/mol. The first-order valence-electron chi connectivity index (χ1n) is 3.90. The van der Waals surface area contributed by atoms with E-state index in [2.05, 4.69) is 15.3 Å². The molecule has 0 radical (unpaired) electrons. The van der Waals surface area contributed by atoms with Crippen LogP contribution >= 0.6 is 23.4 Å². The van der Waals surface area contributed by atoms with Crippen molar-refractivity contribution in [1.82, 2.24) is 9.97 Å². The Kier molecular flexibility index (Phi) is 3.71. The second kappa shape index (κ2) is 4.61. The Morgan fingerprint density at radius 3 is 2.57 bits per heavy atom. The van der Waals surface area contributed by atoms with E-state index in [1.54, 1.807) is 6.92 Å². The fraction of sp³-hybridized carbons (Fsp3) is 0.375. The minimum absolute atomic E-state index is 0.185. The number of carbonyl (C=O) groups excluding carboxylic acids is 1. The Labute approximate surface area is 91.5 Å². The van der Waals surface area contributed by atoms with Gasteiger partial charge in [0, 0.05) is 6.92 Å². The van der Waals surface area contributed by atoms with Crippen molar-refractivity contribution in [2.45, 2.75) is 19.0 Å². The molecule has 1 heterocycles. The number of aromatic nitrogens is 2. The molecular weight excluding hydrogens is 222 g/mol. The summed E-state index contributed by atoms with van der Waals surface area (Å²) in [5.74, 6) is -0.185. The minimum Gasteiger partial charge on any atom is -0.322 e. The molecule has 4 nitrogen and oxygen atoms in total. The van der Waals surface area contributed by atoms with Gasteiger partial charge < -0.3 is 5.32 Å². The molecule has 0 aliphatic carbocycles. The van der Waals surface area contributed by atoms with Gasteiger partial charge >= 0.3 is 0 Å². The maximum Gasteiger partial charge on any atom is 0.221 e. The number of nitrogens with one attached hydrogen (secondary N) is 1. The van der Waals surface area contributed by atoms with Crippen molar-refractivity contribution in [2.24, 2.45) is 0 Å². The number of amides is 1. The number of nitrogens with zero attached hydrogens (tertiary/aromatic N) is 2. The third kappa shape index (κ3) is 2.59. The molecule has 0 aliphatic rings. The molecule has 0 saturated carbocycles. The van der Waals surface area contributed by atoms with Crippen LogP contribution < -0.4 is 5.32 Å². The number of rotatable bonds is 2. The van der Waals surface area contributed by atoms with Crippen LogP contribution in [0.3, 0.4) is 0 Å². The maximum absolute atomic E-state index is 10.8. The van der Waals surface area contributed by atoms with Crippen molar-refractivity contribution in [2.75, 3.05) is 11.6 Å². The molecule has 0 aromatic carbocycles. The van der Waals surface area contributed by atoms with Crippen LogP contribution in [0.2, 0.25) is 5.15 Å². The van der Waals surface area contributed by atoms with E-state index in [1.165, 1.54) is 18.7 Å². The first-order chi connectivity index (χ1) is 6.54.